The molecule has 1 aromatic rings. The molecular weight excluding hydrogens is 281 g/mol. The van der Waals surface area contributed by atoms with E-state index in [4.69, 9.17) is 27.9 Å². The number of benzene rings is 1. The summed E-state index contributed by atoms with van der Waals surface area (Å²) in [5, 5.41) is 5.30. The van der Waals surface area contributed by atoms with Crippen LogP contribution in [0, 0.1) is 5.92 Å². The van der Waals surface area contributed by atoms with Gasteiger partial charge < -0.3 is 10.1 Å². The second-order valence-electron chi connectivity index (χ2n) is 5.61. The van der Waals surface area contributed by atoms with Crippen LogP contribution in [0.1, 0.15) is 24.8 Å². The van der Waals surface area contributed by atoms with Gasteiger partial charge in [0, 0.05) is 34.7 Å². The lowest BCUT2D eigenvalue weighted by atomic mass is 9.89. The van der Waals surface area contributed by atoms with Gasteiger partial charge in [0.05, 0.1) is 6.61 Å². The lowest BCUT2D eigenvalue weighted by Crippen LogP contribution is -2.44. The van der Waals surface area contributed by atoms with Crippen molar-refractivity contribution in [2.75, 3.05) is 13.2 Å². The van der Waals surface area contributed by atoms with E-state index >= 15 is 0 Å². The Labute approximate surface area is 124 Å². The Balaban J connectivity index is 1.69. The van der Waals surface area contributed by atoms with Crippen LogP contribution in [0.15, 0.2) is 18.2 Å². The third-order valence-electron chi connectivity index (χ3n) is 3.99. The van der Waals surface area contributed by atoms with Crippen molar-refractivity contribution in [2.24, 2.45) is 5.92 Å². The Morgan fingerprint density at radius 3 is 2.84 bits per heavy atom. The summed E-state index contributed by atoms with van der Waals surface area (Å²) in [4.78, 5) is 0. The summed E-state index contributed by atoms with van der Waals surface area (Å²) in [6.07, 6.45) is 4.67. The van der Waals surface area contributed by atoms with Crippen molar-refractivity contribution >= 4 is 23.2 Å². The van der Waals surface area contributed by atoms with Crippen LogP contribution in [-0.4, -0.2) is 25.3 Å². The van der Waals surface area contributed by atoms with Gasteiger partial charge in [-0.15, -0.1) is 0 Å². The maximum Gasteiger partial charge on any atom is 0.0512 e. The number of ether oxygens (including phenoxy) is 1. The predicted molar refractivity (Wildman–Crippen MR) is 79.0 cm³/mol. The van der Waals surface area contributed by atoms with E-state index in [1.165, 1.54) is 12.8 Å². The van der Waals surface area contributed by atoms with Gasteiger partial charge in [0.15, 0.2) is 0 Å². The van der Waals surface area contributed by atoms with Gasteiger partial charge >= 0.3 is 0 Å². The van der Waals surface area contributed by atoms with Crippen LogP contribution in [0.5, 0.6) is 0 Å². The topological polar surface area (TPSA) is 21.3 Å². The van der Waals surface area contributed by atoms with E-state index in [9.17, 15) is 0 Å². The third kappa shape index (κ3) is 3.63. The highest BCUT2D eigenvalue weighted by Crippen LogP contribution is 2.29. The molecule has 2 aliphatic rings. The number of halogens is 2. The second-order valence-corrected chi connectivity index (χ2v) is 6.45. The largest absolute Gasteiger partial charge is 0.381 e. The second kappa shape index (κ2) is 6.01. The summed E-state index contributed by atoms with van der Waals surface area (Å²) in [6.45, 7) is 1.68. The van der Waals surface area contributed by atoms with Crippen LogP contribution in [0.25, 0.3) is 0 Å². The van der Waals surface area contributed by atoms with Crippen molar-refractivity contribution < 1.29 is 4.74 Å². The summed E-state index contributed by atoms with van der Waals surface area (Å²) >= 11 is 12.3. The van der Waals surface area contributed by atoms with Gasteiger partial charge in [0.25, 0.3) is 0 Å². The van der Waals surface area contributed by atoms with Gasteiger partial charge in [0.1, 0.15) is 0 Å². The standard InChI is InChI=1S/C15H19Cl2NO/c16-12-1-4-14(17)10(8-12)7-11-9-19-6-5-15(11)18-13-2-3-13/h1,4,8,11,13,15,18H,2-3,5-7,9H2/t11-,15-/m1/s1. The average Bonchev–Trinajstić information content (AvgIpc) is 3.20. The van der Waals surface area contributed by atoms with Crippen LogP contribution in [-0.2, 0) is 11.2 Å². The van der Waals surface area contributed by atoms with Crippen LogP contribution in [0.3, 0.4) is 0 Å². The fourth-order valence-corrected chi connectivity index (χ4v) is 3.14. The maximum absolute atomic E-state index is 6.26. The molecule has 1 N–H and O–H groups in total. The first kappa shape index (κ1) is 13.7. The minimum atomic E-state index is 0.491. The fraction of sp³-hybridized carbons (Fsp3) is 0.600. The quantitative estimate of drug-likeness (QED) is 0.915. The zero-order chi connectivity index (χ0) is 13.2. The van der Waals surface area contributed by atoms with Crippen LogP contribution >= 0.6 is 23.2 Å². The molecule has 3 rings (SSSR count). The number of rotatable bonds is 4. The zero-order valence-electron chi connectivity index (χ0n) is 10.9. The summed E-state index contributed by atoms with van der Waals surface area (Å²) in [5.41, 5.74) is 1.13. The Kier molecular flexibility index (Phi) is 4.33. The molecule has 0 aromatic heterocycles. The predicted octanol–water partition coefficient (Wildman–Crippen LogP) is 3.69. The monoisotopic (exact) mass is 299 g/mol. The SMILES string of the molecule is Clc1ccc(Cl)c(C[C@@H]2COCC[C@H]2NC2CC2)c1. The van der Waals surface area contributed by atoms with Crippen molar-refractivity contribution in [3.8, 4) is 0 Å². The Hall–Kier alpha value is -0.280. The molecule has 0 unspecified atom stereocenters. The summed E-state index contributed by atoms with van der Waals surface area (Å²) < 4.78 is 5.64. The first-order chi connectivity index (χ1) is 9.22. The molecule has 19 heavy (non-hydrogen) atoms. The van der Waals surface area contributed by atoms with E-state index in [0.717, 1.165) is 47.7 Å². The van der Waals surface area contributed by atoms with Crippen molar-refractivity contribution in [1.82, 2.24) is 5.32 Å². The van der Waals surface area contributed by atoms with Crippen molar-refractivity contribution in [2.45, 2.75) is 37.8 Å². The molecule has 1 aliphatic carbocycles. The maximum atomic E-state index is 6.26. The molecular formula is C15H19Cl2NO. The first-order valence-electron chi connectivity index (χ1n) is 7.00. The highest BCUT2D eigenvalue weighted by Gasteiger charge is 2.31. The molecule has 4 heteroatoms. The van der Waals surface area contributed by atoms with Gasteiger partial charge in [-0.05, 0) is 49.4 Å². The lowest BCUT2D eigenvalue weighted by Gasteiger charge is -2.32. The van der Waals surface area contributed by atoms with Gasteiger partial charge in [-0.3, -0.25) is 0 Å². The fourth-order valence-electron chi connectivity index (χ4n) is 2.75. The molecule has 0 bridgehead atoms. The Morgan fingerprint density at radius 2 is 2.05 bits per heavy atom. The van der Waals surface area contributed by atoms with E-state index in [2.05, 4.69) is 5.32 Å². The van der Waals surface area contributed by atoms with E-state index in [-0.39, 0.29) is 0 Å². The Morgan fingerprint density at radius 1 is 1.21 bits per heavy atom. The molecule has 0 amide bonds. The molecule has 0 radical (unpaired) electrons. The molecule has 0 spiro atoms. The number of hydrogen-bond acceptors (Lipinski definition) is 2. The first-order valence-corrected chi connectivity index (χ1v) is 7.75. The van der Waals surface area contributed by atoms with E-state index in [1.807, 2.05) is 18.2 Å². The van der Waals surface area contributed by atoms with Crippen LogP contribution in [0.2, 0.25) is 10.0 Å². The summed E-state index contributed by atoms with van der Waals surface area (Å²) in [5.74, 6) is 0.491. The van der Waals surface area contributed by atoms with Gasteiger partial charge in [-0.2, -0.15) is 0 Å². The van der Waals surface area contributed by atoms with Gasteiger partial charge in [0.2, 0.25) is 0 Å². The molecule has 1 saturated carbocycles. The molecule has 1 saturated heterocycles. The average molecular weight is 300 g/mol. The Bertz CT molecular complexity index is 448. The minimum absolute atomic E-state index is 0.491. The minimum Gasteiger partial charge on any atom is -0.381 e. The molecule has 2 fully saturated rings. The van der Waals surface area contributed by atoms with E-state index < -0.39 is 0 Å². The third-order valence-corrected chi connectivity index (χ3v) is 4.59. The van der Waals surface area contributed by atoms with E-state index in [0.29, 0.717) is 12.0 Å². The van der Waals surface area contributed by atoms with Gasteiger partial charge in [-0.25, -0.2) is 0 Å². The molecule has 1 aromatic carbocycles. The molecule has 1 heterocycles. The van der Waals surface area contributed by atoms with Crippen LogP contribution in [0.4, 0.5) is 0 Å². The van der Waals surface area contributed by atoms with Crippen molar-refractivity contribution in [1.29, 1.82) is 0 Å². The van der Waals surface area contributed by atoms with Crippen molar-refractivity contribution in [3.05, 3.63) is 33.8 Å². The van der Waals surface area contributed by atoms with Crippen molar-refractivity contribution in [3.63, 3.8) is 0 Å². The van der Waals surface area contributed by atoms with Crippen LogP contribution < -0.4 is 5.32 Å². The summed E-state index contributed by atoms with van der Waals surface area (Å²) in [7, 11) is 0. The lowest BCUT2D eigenvalue weighted by molar-refractivity contribution is 0.0316. The van der Waals surface area contributed by atoms with Gasteiger partial charge in [-0.1, -0.05) is 23.2 Å². The number of nitrogens with one attached hydrogen (secondary N) is 1. The zero-order valence-corrected chi connectivity index (χ0v) is 12.4. The summed E-state index contributed by atoms with van der Waals surface area (Å²) in [6, 6.07) is 6.99. The highest BCUT2D eigenvalue weighted by molar-refractivity contribution is 6.33. The molecule has 1 aliphatic heterocycles. The molecule has 104 valence electrons. The van der Waals surface area contributed by atoms with E-state index in [1.54, 1.807) is 0 Å². The molecule has 2 atom stereocenters. The smallest absolute Gasteiger partial charge is 0.0512 e. The highest BCUT2D eigenvalue weighted by atomic mass is 35.5. The normalized spacial score (nSPS) is 27.5. The molecule has 2 nitrogen and oxygen atoms in total. The number of hydrogen-bond donors (Lipinski definition) is 1.